The van der Waals surface area contributed by atoms with E-state index in [1.54, 1.807) is 34.8 Å². The van der Waals surface area contributed by atoms with Gasteiger partial charge < -0.3 is 9.32 Å². The minimum Gasteiger partial charge on any atom is -0.435 e. The van der Waals surface area contributed by atoms with Crippen molar-refractivity contribution in [3.05, 3.63) is 72.0 Å². The number of hydrogen-bond donors (Lipinski definition) is 1. The lowest BCUT2D eigenvalue weighted by molar-refractivity contribution is -0.918. The Kier molecular flexibility index (Phi) is 5.49. The molecule has 0 amide bonds. The van der Waals surface area contributed by atoms with Gasteiger partial charge in [0.15, 0.2) is 12.3 Å². The predicted molar refractivity (Wildman–Crippen MR) is 106 cm³/mol. The molecule has 0 aliphatic carbocycles. The van der Waals surface area contributed by atoms with Gasteiger partial charge in [0, 0.05) is 5.56 Å². The third kappa shape index (κ3) is 4.39. The molecule has 0 unspecified atom stereocenters. The van der Waals surface area contributed by atoms with Gasteiger partial charge >= 0.3 is 0 Å². The van der Waals surface area contributed by atoms with Gasteiger partial charge in [-0.05, 0) is 43.3 Å². The summed E-state index contributed by atoms with van der Waals surface area (Å²) in [7, 11) is -3.46. The first kappa shape index (κ1) is 19.8. The van der Waals surface area contributed by atoms with Gasteiger partial charge in [-0.25, -0.2) is 17.8 Å². The number of nitrogens with one attached hydrogen (secondary N) is 1. The molecule has 152 valence electrons. The molecule has 0 radical (unpaired) electrons. The highest BCUT2D eigenvalue weighted by molar-refractivity contribution is 7.89. The standard InChI is InChI=1S/C21H22FN3O3S/c1-16-2-8-19(9-3-16)29(26,27)25-12-10-24(11-13-25)15-21-23-14-20(28-21)17-4-6-18(22)7-5-17/h2-9,14H,10-13,15H2,1H3/p+1. The van der Waals surface area contributed by atoms with Crippen LogP contribution < -0.4 is 4.90 Å². The molecule has 0 atom stereocenters. The summed E-state index contributed by atoms with van der Waals surface area (Å²) >= 11 is 0. The van der Waals surface area contributed by atoms with Crippen LogP contribution in [0.15, 0.2) is 64.0 Å². The van der Waals surface area contributed by atoms with Gasteiger partial charge in [-0.2, -0.15) is 4.31 Å². The van der Waals surface area contributed by atoms with E-state index in [9.17, 15) is 12.8 Å². The molecular formula is C21H23FN3O3S+. The minimum absolute atomic E-state index is 0.295. The van der Waals surface area contributed by atoms with E-state index in [2.05, 4.69) is 4.98 Å². The molecule has 0 bridgehead atoms. The monoisotopic (exact) mass is 416 g/mol. The molecule has 2 heterocycles. The van der Waals surface area contributed by atoms with E-state index in [0.29, 0.717) is 49.3 Å². The van der Waals surface area contributed by atoms with Crippen LogP contribution in [0.4, 0.5) is 4.39 Å². The highest BCUT2D eigenvalue weighted by Gasteiger charge is 2.30. The van der Waals surface area contributed by atoms with Crippen molar-refractivity contribution < 1.29 is 22.1 Å². The van der Waals surface area contributed by atoms with E-state index in [0.717, 1.165) is 11.1 Å². The van der Waals surface area contributed by atoms with Gasteiger partial charge in [-0.1, -0.05) is 17.7 Å². The molecule has 1 aliphatic heterocycles. The largest absolute Gasteiger partial charge is 0.435 e. The number of aryl methyl sites for hydroxylation is 1. The van der Waals surface area contributed by atoms with Crippen molar-refractivity contribution in [2.75, 3.05) is 26.2 Å². The van der Waals surface area contributed by atoms with E-state index >= 15 is 0 Å². The van der Waals surface area contributed by atoms with Crippen LogP contribution in [-0.4, -0.2) is 43.9 Å². The van der Waals surface area contributed by atoms with Crippen molar-refractivity contribution in [2.45, 2.75) is 18.4 Å². The topological polar surface area (TPSA) is 67.8 Å². The summed E-state index contributed by atoms with van der Waals surface area (Å²) < 4.78 is 46.0. The number of rotatable bonds is 5. The Balaban J connectivity index is 1.37. The zero-order valence-electron chi connectivity index (χ0n) is 16.1. The molecule has 8 heteroatoms. The van der Waals surface area contributed by atoms with E-state index in [4.69, 9.17) is 4.42 Å². The fourth-order valence-corrected chi connectivity index (χ4v) is 4.87. The van der Waals surface area contributed by atoms with Crippen LogP contribution in [0.2, 0.25) is 0 Å². The molecule has 4 rings (SSSR count). The first-order valence-corrected chi connectivity index (χ1v) is 11.0. The number of sulfonamides is 1. The van der Waals surface area contributed by atoms with E-state index in [-0.39, 0.29) is 5.82 Å². The second-order valence-electron chi connectivity index (χ2n) is 7.27. The lowest BCUT2D eigenvalue weighted by Gasteiger charge is -2.30. The smallest absolute Gasteiger partial charge is 0.250 e. The number of nitrogens with zero attached hydrogens (tertiary/aromatic N) is 2. The molecule has 1 saturated heterocycles. The van der Waals surface area contributed by atoms with Gasteiger partial charge in [-0.3, -0.25) is 0 Å². The first-order chi connectivity index (χ1) is 13.9. The Morgan fingerprint density at radius 3 is 2.38 bits per heavy atom. The third-order valence-electron chi connectivity index (χ3n) is 5.17. The van der Waals surface area contributed by atoms with Crippen molar-refractivity contribution in [3.8, 4) is 11.3 Å². The van der Waals surface area contributed by atoms with Gasteiger partial charge in [0.1, 0.15) is 5.82 Å². The average molecular weight is 416 g/mol. The van der Waals surface area contributed by atoms with Crippen molar-refractivity contribution in [3.63, 3.8) is 0 Å². The summed E-state index contributed by atoms with van der Waals surface area (Å²) in [6, 6.07) is 13.0. The van der Waals surface area contributed by atoms with E-state index < -0.39 is 10.0 Å². The number of aromatic nitrogens is 1. The lowest BCUT2D eigenvalue weighted by Crippen LogP contribution is -3.13. The molecule has 29 heavy (non-hydrogen) atoms. The summed E-state index contributed by atoms with van der Waals surface area (Å²) in [5.41, 5.74) is 1.80. The number of piperazine rings is 1. The van der Waals surface area contributed by atoms with Gasteiger partial charge in [-0.15, -0.1) is 0 Å². The molecule has 1 aromatic heterocycles. The normalized spacial score (nSPS) is 16.2. The number of quaternary nitrogens is 1. The zero-order valence-corrected chi connectivity index (χ0v) is 17.0. The second kappa shape index (κ2) is 8.06. The summed E-state index contributed by atoms with van der Waals surface area (Å²) in [6.07, 6.45) is 1.64. The Labute approximate surface area is 169 Å². The molecule has 0 spiro atoms. The summed E-state index contributed by atoms with van der Waals surface area (Å²) in [5.74, 6) is 0.894. The maximum atomic E-state index is 13.1. The van der Waals surface area contributed by atoms with Crippen LogP contribution in [0.5, 0.6) is 0 Å². The van der Waals surface area contributed by atoms with E-state index in [1.165, 1.54) is 17.0 Å². The number of benzene rings is 2. The fourth-order valence-electron chi connectivity index (χ4n) is 3.43. The molecule has 3 aromatic rings. The van der Waals surface area contributed by atoms with Crippen LogP contribution in [0.25, 0.3) is 11.3 Å². The van der Waals surface area contributed by atoms with Crippen molar-refractivity contribution in [2.24, 2.45) is 0 Å². The molecule has 1 fully saturated rings. The third-order valence-corrected chi connectivity index (χ3v) is 7.08. The van der Waals surface area contributed by atoms with Crippen molar-refractivity contribution in [1.82, 2.24) is 9.29 Å². The van der Waals surface area contributed by atoms with Crippen LogP contribution in [-0.2, 0) is 16.6 Å². The minimum atomic E-state index is -3.46. The predicted octanol–water partition coefficient (Wildman–Crippen LogP) is 1.88. The highest BCUT2D eigenvalue weighted by Crippen LogP contribution is 2.20. The average Bonchev–Trinajstić information content (AvgIpc) is 3.18. The van der Waals surface area contributed by atoms with Gasteiger partial charge in [0.25, 0.3) is 5.89 Å². The summed E-state index contributed by atoms with van der Waals surface area (Å²) in [4.78, 5) is 5.87. The quantitative estimate of drug-likeness (QED) is 0.690. The first-order valence-electron chi connectivity index (χ1n) is 9.53. The summed E-state index contributed by atoms with van der Waals surface area (Å²) in [5, 5.41) is 0. The molecule has 2 aromatic carbocycles. The maximum Gasteiger partial charge on any atom is 0.250 e. The molecule has 1 aliphatic rings. The molecule has 6 nitrogen and oxygen atoms in total. The van der Waals surface area contributed by atoms with Gasteiger partial charge in [0.2, 0.25) is 10.0 Å². The molecular weight excluding hydrogens is 393 g/mol. The second-order valence-corrected chi connectivity index (χ2v) is 9.21. The SMILES string of the molecule is Cc1ccc(S(=O)(=O)N2CC[NH+](Cc3ncc(-c4ccc(F)cc4)o3)CC2)cc1. The molecule has 1 N–H and O–H groups in total. The fraction of sp³-hybridized carbons (Fsp3) is 0.286. The molecule has 0 saturated carbocycles. The van der Waals surface area contributed by atoms with Gasteiger partial charge in [0.05, 0.1) is 37.3 Å². The van der Waals surface area contributed by atoms with Crippen molar-refractivity contribution >= 4 is 10.0 Å². The number of hydrogen-bond acceptors (Lipinski definition) is 4. The maximum absolute atomic E-state index is 13.1. The Hall–Kier alpha value is -2.55. The van der Waals surface area contributed by atoms with Crippen LogP contribution in [0.1, 0.15) is 11.5 Å². The summed E-state index contributed by atoms with van der Waals surface area (Å²) in [6.45, 7) is 4.79. The van der Waals surface area contributed by atoms with Crippen LogP contribution in [0, 0.1) is 12.7 Å². The Bertz CT molecular complexity index is 1070. The highest BCUT2D eigenvalue weighted by atomic mass is 32.2. The van der Waals surface area contributed by atoms with Crippen LogP contribution in [0.3, 0.4) is 0 Å². The Morgan fingerprint density at radius 2 is 1.72 bits per heavy atom. The van der Waals surface area contributed by atoms with Crippen LogP contribution >= 0.6 is 0 Å². The van der Waals surface area contributed by atoms with Crippen molar-refractivity contribution in [1.29, 1.82) is 0 Å². The lowest BCUT2D eigenvalue weighted by atomic mass is 10.2. The number of oxazole rings is 1. The zero-order chi connectivity index (χ0) is 20.4. The van der Waals surface area contributed by atoms with E-state index in [1.807, 2.05) is 19.1 Å². The Morgan fingerprint density at radius 1 is 1.07 bits per heavy atom. The number of halogens is 1.